The fourth-order valence-corrected chi connectivity index (χ4v) is 1.82. The number of hydrogen-bond acceptors (Lipinski definition) is 1. The van der Waals surface area contributed by atoms with Crippen molar-refractivity contribution < 1.29 is 0 Å². The first-order valence-electron chi connectivity index (χ1n) is 4.46. The van der Waals surface area contributed by atoms with Crippen molar-refractivity contribution in [3.8, 4) is 0 Å². The Hall–Kier alpha value is -0.820. The smallest absolute Gasteiger partial charge is 0.0202 e. The van der Waals surface area contributed by atoms with Crippen molar-refractivity contribution in [1.29, 1.82) is 0 Å². The summed E-state index contributed by atoms with van der Waals surface area (Å²) in [6.45, 7) is 4.29. The van der Waals surface area contributed by atoms with Gasteiger partial charge in [-0.15, -0.1) is 0 Å². The second kappa shape index (κ2) is 2.33. The highest BCUT2D eigenvalue weighted by Gasteiger charge is 2.47. The Balaban J connectivity index is 2.31. The first-order valence-corrected chi connectivity index (χ1v) is 4.46. The lowest BCUT2D eigenvalue weighted by Gasteiger charge is -2.06. The van der Waals surface area contributed by atoms with Crippen molar-refractivity contribution in [1.82, 2.24) is 0 Å². The van der Waals surface area contributed by atoms with Gasteiger partial charge in [0.05, 0.1) is 0 Å². The topological polar surface area (TPSA) is 26.0 Å². The number of aryl methyl sites for hydroxylation is 1. The van der Waals surface area contributed by atoms with Crippen LogP contribution in [0.5, 0.6) is 0 Å². The molecule has 1 saturated carbocycles. The molecule has 1 heteroatoms. The first-order chi connectivity index (χ1) is 5.61. The van der Waals surface area contributed by atoms with Gasteiger partial charge in [0.25, 0.3) is 0 Å². The van der Waals surface area contributed by atoms with Crippen LogP contribution in [0.15, 0.2) is 24.3 Å². The Morgan fingerprint density at radius 1 is 1.42 bits per heavy atom. The lowest BCUT2D eigenvalue weighted by atomic mass is 10.0. The Morgan fingerprint density at radius 3 is 2.50 bits per heavy atom. The molecule has 0 amide bonds. The van der Waals surface area contributed by atoms with Gasteiger partial charge in [0, 0.05) is 11.5 Å². The maximum absolute atomic E-state index is 6.01. The molecule has 12 heavy (non-hydrogen) atoms. The van der Waals surface area contributed by atoms with E-state index in [4.69, 9.17) is 5.73 Å². The molecule has 2 rings (SSSR count). The van der Waals surface area contributed by atoms with E-state index in [1.807, 2.05) is 0 Å². The van der Waals surface area contributed by atoms with Crippen molar-refractivity contribution in [2.24, 2.45) is 5.73 Å². The fourth-order valence-electron chi connectivity index (χ4n) is 1.82. The SMILES string of the molecule is Cc1ccccc1C1CC1(C)N. The zero-order valence-electron chi connectivity index (χ0n) is 7.67. The summed E-state index contributed by atoms with van der Waals surface area (Å²) in [5.74, 6) is 0.596. The van der Waals surface area contributed by atoms with E-state index in [1.54, 1.807) is 0 Å². The van der Waals surface area contributed by atoms with Crippen LogP contribution in [-0.4, -0.2) is 5.54 Å². The summed E-state index contributed by atoms with van der Waals surface area (Å²) in [4.78, 5) is 0. The second-order valence-corrected chi connectivity index (χ2v) is 4.12. The average molecular weight is 161 g/mol. The predicted molar refractivity (Wildman–Crippen MR) is 51.1 cm³/mol. The van der Waals surface area contributed by atoms with Gasteiger partial charge in [-0.2, -0.15) is 0 Å². The number of hydrogen-bond donors (Lipinski definition) is 1. The molecule has 0 spiro atoms. The van der Waals surface area contributed by atoms with Gasteiger partial charge in [0.2, 0.25) is 0 Å². The third-order valence-electron chi connectivity index (χ3n) is 2.84. The van der Waals surface area contributed by atoms with Gasteiger partial charge < -0.3 is 5.73 Å². The third-order valence-corrected chi connectivity index (χ3v) is 2.84. The van der Waals surface area contributed by atoms with E-state index in [0.29, 0.717) is 5.92 Å². The molecule has 0 bridgehead atoms. The summed E-state index contributed by atoms with van der Waals surface area (Å²) in [7, 11) is 0. The van der Waals surface area contributed by atoms with Crippen LogP contribution in [0.4, 0.5) is 0 Å². The van der Waals surface area contributed by atoms with Crippen LogP contribution < -0.4 is 5.73 Å². The monoisotopic (exact) mass is 161 g/mol. The summed E-state index contributed by atoms with van der Waals surface area (Å²) >= 11 is 0. The molecule has 2 atom stereocenters. The van der Waals surface area contributed by atoms with Crippen molar-refractivity contribution >= 4 is 0 Å². The summed E-state index contributed by atoms with van der Waals surface area (Å²) in [5.41, 5.74) is 8.88. The third kappa shape index (κ3) is 1.14. The molecular weight excluding hydrogens is 146 g/mol. The standard InChI is InChI=1S/C11H15N/c1-8-5-3-4-6-9(8)10-7-11(10,2)12/h3-6,10H,7,12H2,1-2H3. The molecule has 1 aromatic rings. The van der Waals surface area contributed by atoms with E-state index in [-0.39, 0.29) is 5.54 Å². The highest BCUT2D eigenvalue weighted by molar-refractivity contribution is 5.37. The van der Waals surface area contributed by atoms with Crippen LogP contribution in [0.2, 0.25) is 0 Å². The molecule has 2 N–H and O–H groups in total. The van der Waals surface area contributed by atoms with Crippen LogP contribution in [0.3, 0.4) is 0 Å². The zero-order valence-corrected chi connectivity index (χ0v) is 7.67. The summed E-state index contributed by atoms with van der Waals surface area (Å²) < 4.78 is 0. The molecule has 1 fully saturated rings. The lowest BCUT2D eigenvalue weighted by molar-refractivity contribution is 0.726. The average Bonchev–Trinajstić information content (AvgIpc) is 2.61. The predicted octanol–water partition coefficient (Wildman–Crippen LogP) is 2.20. The van der Waals surface area contributed by atoms with Crippen LogP contribution in [0, 0.1) is 6.92 Å². The fraction of sp³-hybridized carbons (Fsp3) is 0.455. The molecule has 0 aromatic heterocycles. The minimum Gasteiger partial charge on any atom is -0.325 e. The maximum atomic E-state index is 6.01. The molecule has 1 aromatic carbocycles. The number of benzene rings is 1. The minimum atomic E-state index is 0.0616. The Labute approximate surface area is 73.6 Å². The van der Waals surface area contributed by atoms with E-state index >= 15 is 0 Å². The molecule has 0 aliphatic heterocycles. The number of rotatable bonds is 1. The molecular formula is C11H15N. The van der Waals surface area contributed by atoms with Gasteiger partial charge in [0.1, 0.15) is 0 Å². The molecule has 1 aliphatic carbocycles. The van der Waals surface area contributed by atoms with Crippen LogP contribution in [-0.2, 0) is 0 Å². The van der Waals surface area contributed by atoms with Gasteiger partial charge in [-0.25, -0.2) is 0 Å². The van der Waals surface area contributed by atoms with Crippen molar-refractivity contribution in [3.63, 3.8) is 0 Å². The molecule has 0 radical (unpaired) electrons. The van der Waals surface area contributed by atoms with Gasteiger partial charge in [-0.05, 0) is 31.4 Å². The van der Waals surface area contributed by atoms with Crippen molar-refractivity contribution in [2.75, 3.05) is 0 Å². The van der Waals surface area contributed by atoms with Gasteiger partial charge in [-0.3, -0.25) is 0 Å². The highest BCUT2D eigenvalue weighted by atomic mass is 14.8. The van der Waals surface area contributed by atoms with Crippen molar-refractivity contribution in [3.05, 3.63) is 35.4 Å². The minimum absolute atomic E-state index is 0.0616. The molecule has 2 unspecified atom stereocenters. The van der Waals surface area contributed by atoms with Crippen LogP contribution >= 0.6 is 0 Å². The van der Waals surface area contributed by atoms with E-state index in [0.717, 1.165) is 6.42 Å². The van der Waals surface area contributed by atoms with Gasteiger partial charge >= 0.3 is 0 Å². The quantitative estimate of drug-likeness (QED) is 0.671. The van der Waals surface area contributed by atoms with Crippen LogP contribution in [0.1, 0.15) is 30.4 Å². The zero-order chi connectivity index (χ0) is 8.77. The second-order valence-electron chi connectivity index (χ2n) is 4.12. The molecule has 1 nitrogen and oxygen atoms in total. The summed E-state index contributed by atoms with van der Waals surface area (Å²) in [6.07, 6.45) is 1.14. The van der Waals surface area contributed by atoms with E-state index in [2.05, 4.69) is 38.1 Å². The molecule has 0 saturated heterocycles. The lowest BCUT2D eigenvalue weighted by Crippen LogP contribution is -2.18. The highest BCUT2D eigenvalue weighted by Crippen LogP contribution is 2.49. The van der Waals surface area contributed by atoms with Gasteiger partial charge in [-0.1, -0.05) is 24.3 Å². The Kier molecular flexibility index (Phi) is 1.52. The molecule has 0 heterocycles. The largest absolute Gasteiger partial charge is 0.325 e. The Morgan fingerprint density at radius 2 is 2.00 bits per heavy atom. The number of nitrogens with two attached hydrogens (primary N) is 1. The van der Waals surface area contributed by atoms with E-state index < -0.39 is 0 Å². The Bertz CT molecular complexity index is 302. The molecule has 1 aliphatic rings. The van der Waals surface area contributed by atoms with Crippen LogP contribution in [0.25, 0.3) is 0 Å². The summed E-state index contributed by atoms with van der Waals surface area (Å²) in [6, 6.07) is 8.52. The summed E-state index contributed by atoms with van der Waals surface area (Å²) in [5, 5.41) is 0. The first kappa shape index (κ1) is 7.81. The normalized spacial score (nSPS) is 33.4. The van der Waals surface area contributed by atoms with Gasteiger partial charge in [0.15, 0.2) is 0 Å². The van der Waals surface area contributed by atoms with E-state index in [9.17, 15) is 0 Å². The maximum Gasteiger partial charge on any atom is 0.0202 e. The molecule has 64 valence electrons. The van der Waals surface area contributed by atoms with E-state index in [1.165, 1.54) is 11.1 Å². The van der Waals surface area contributed by atoms with Crippen molar-refractivity contribution in [2.45, 2.75) is 31.7 Å².